The van der Waals surface area contributed by atoms with Crippen molar-refractivity contribution in [2.75, 3.05) is 0 Å². The van der Waals surface area contributed by atoms with Crippen molar-refractivity contribution in [3.63, 3.8) is 0 Å². The van der Waals surface area contributed by atoms with Crippen LogP contribution in [-0.4, -0.2) is 28.1 Å². The summed E-state index contributed by atoms with van der Waals surface area (Å²) in [6.45, 7) is 0.456. The molecule has 0 saturated heterocycles. The van der Waals surface area contributed by atoms with Gasteiger partial charge in [0.25, 0.3) is 5.91 Å². The highest BCUT2D eigenvalue weighted by molar-refractivity contribution is 5.95. The molecule has 0 radical (unpaired) electrons. The Hall–Kier alpha value is -3.62. The van der Waals surface area contributed by atoms with Gasteiger partial charge in [-0.25, -0.2) is 4.79 Å². The van der Waals surface area contributed by atoms with E-state index >= 15 is 0 Å². The third-order valence-corrected chi connectivity index (χ3v) is 3.35. The third-order valence-electron chi connectivity index (χ3n) is 3.35. The average molecular weight is 392 g/mol. The number of carboxylic acid groups (broad SMARTS) is 1. The topological polar surface area (TPSA) is 92.4 Å². The Balaban J connectivity index is 0.000000345. The van der Waals surface area contributed by atoms with E-state index in [1.54, 1.807) is 24.7 Å². The molecule has 0 atom stereocenters. The number of aromatic nitrogens is 1. The number of nitrogens with one attached hydrogen (secondary N) is 1. The summed E-state index contributed by atoms with van der Waals surface area (Å²) < 4.78 is 37.1. The van der Waals surface area contributed by atoms with Crippen LogP contribution in [0.2, 0.25) is 0 Å². The fourth-order valence-electron chi connectivity index (χ4n) is 2.04. The summed E-state index contributed by atoms with van der Waals surface area (Å²) in [5, 5.41) is 10.0. The number of alkyl halides is 3. The second-order valence-electron chi connectivity index (χ2n) is 5.40. The van der Waals surface area contributed by atoms with E-state index in [2.05, 4.69) is 10.3 Å². The number of benzene rings is 1. The first-order chi connectivity index (χ1) is 13.3. The standard InChI is InChI=1S/C17H14N2O2.C2HF3O2/c20-17(19-12-13-4-2-8-18-11-13)15-6-1-5-14(10-15)16-7-3-9-21-16;3-2(4,5)1(6)7/h1-11H,12H2,(H,19,20);(H,6,7). The average Bonchev–Trinajstić information content (AvgIpc) is 3.22. The predicted octanol–water partition coefficient (Wildman–Crippen LogP) is 3.90. The van der Waals surface area contributed by atoms with Crippen molar-refractivity contribution in [3.8, 4) is 11.3 Å². The molecule has 0 aliphatic rings. The van der Waals surface area contributed by atoms with E-state index in [4.69, 9.17) is 14.3 Å². The maximum Gasteiger partial charge on any atom is 0.490 e. The van der Waals surface area contributed by atoms with Gasteiger partial charge in [0, 0.05) is 30.1 Å². The maximum atomic E-state index is 12.2. The minimum Gasteiger partial charge on any atom is -0.475 e. The van der Waals surface area contributed by atoms with Crippen molar-refractivity contribution in [3.05, 3.63) is 78.3 Å². The summed E-state index contributed by atoms with van der Waals surface area (Å²) >= 11 is 0. The van der Waals surface area contributed by atoms with Crippen molar-refractivity contribution in [1.82, 2.24) is 10.3 Å². The quantitative estimate of drug-likeness (QED) is 0.702. The van der Waals surface area contributed by atoms with Crippen LogP contribution in [0.3, 0.4) is 0 Å². The largest absolute Gasteiger partial charge is 0.490 e. The monoisotopic (exact) mass is 392 g/mol. The van der Waals surface area contributed by atoms with E-state index in [1.165, 1.54) is 0 Å². The molecule has 9 heteroatoms. The minimum absolute atomic E-state index is 0.118. The number of nitrogens with zero attached hydrogens (tertiary/aromatic N) is 1. The van der Waals surface area contributed by atoms with E-state index < -0.39 is 12.1 Å². The molecule has 0 fully saturated rings. The van der Waals surface area contributed by atoms with Crippen LogP contribution in [0, 0.1) is 0 Å². The Kier molecular flexibility index (Phi) is 6.91. The molecule has 1 aromatic carbocycles. The van der Waals surface area contributed by atoms with Gasteiger partial charge in [-0.3, -0.25) is 9.78 Å². The maximum absolute atomic E-state index is 12.2. The highest BCUT2D eigenvalue weighted by Gasteiger charge is 2.38. The predicted molar refractivity (Wildman–Crippen MR) is 93.2 cm³/mol. The van der Waals surface area contributed by atoms with Crippen LogP contribution in [0.4, 0.5) is 13.2 Å². The molecule has 1 amide bonds. The molecule has 0 unspecified atom stereocenters. The number of amides is 1. The Morgan fingerprint density at radius 3 is 2.43 bits per heavy atom. The molecule has 28 heavy (non-hydrogen) atoms. The summed E-state index contributed by atoms with van der Waals surface area (Å²) in [5.41, 5.74) is 2.45. The molecule has 0 spiro atoms. The lowest BCUT2D eigenvalue weighted by atomic mass is 10.1. The van der Waals surface area contributed by atoms with Crippen molar-refractivity contribution >= 4 is 11.9 Å². The molecule has 2 aromatic heterocycles. The van der Waals surface area contributed by atoms with Gasteiger partial charge in [-0.05, 0) is 35.9 Å². The lowest BCUT2D eigenvalue weighted by molar-refractivity contribution is -0.192. The second kappa shape index (κ2) is 9.36. The lowest BCUT2D eigenvalue weighted by Crippen LogP contribution is -2.22. The van der Waals surface area contributed by atoms with Crippen LogP contribution >= 0.6 is 0 Å². The summed E-state index contributed by atoms with van der Waals surface area (Å²) in [7, 11) is 0. The number of pyridine rings is 1. The van der Waals surface area contributed by atoms with Crippen molar-refractivity contribution in [2.45, 2.75) is 12.7 Å². The van der Waals surface area contributed by atoms with Gasteiger partial charge in [-0.1, -0.05) is 18.2 Å². The van der Waals surface area contributed by atoms with Crippen molar-refractivity contribution in [1.29, 1.82) is 0 Å². The number of halogens is 3. The second-order valence-corrected chi connectivity index (χ2v) is 5.40. The molecule has 2 N–H and O–H groups in total. The minimum atomic E-state index is -5.08. The molecule has 0 aliphatic heterocycles. The number of aliphatic carboxylic acids is 1. The summed E-state index contributed by atoms with van der Waals surface area (Å²) in [6, 6.07) is 14.8. The first-order valence-corrected chi connectivity index (χ1v) is 7.88. The van der Waals surface area contributed by atoms with Gasteiger partial charge in [0.15, 0.2) is 0 Å². The molecule has 2 heterocycles. The molecule has 3 rings (SSSR count). The highest BCUT2D eigenvalue weighted by atomic mass is 19.4. The molecule has 0 bridgehead atoms. The first-order valence-electron chi connectivity index (χ1n) is 7.88. The number of furan rings is 1. The summed E-state index contributed by atoms with van der Waals surface area (Å²) in [6.07, 6.45) is -0.0256. The number of rotatable bonds is 4. The molecule has 3 aromatic rings. The fourth-order valence-corrected chi connectivity index (χ4v) is 2.04. The van der Waals surface area contributed by atoms with E-state index in [1.807, 2.05) is 42.5 Å². The van der Waals surface area contributed by atoms with E-state index in [9.17, 15) is 18.0 Å². The van der Waals surface area contributed by atoms with Gasteiger partial charge in [0.1, 0.15) is 5.76 Å². The Bertz CT molecular complexity index is 910. The van der Waals surface area contributed by atoms with E-state index in [-0.39, 0.29) is 5.91 Å². The molecular weight excluding hydrogens is 377 g/mol. The third kappa shape index (κ3) is 6.27. The van der Waals surface area contributed by atoms with Gasteiger partial charge >= 0.3 is 12.1 Å². The number of hydrogen-bond acceptors (Lipinski definition) is 4. The van der Waals surface area contributed by atoms with Gasteiger partial charge in [-0.15, -0.1) is 0 Å². The van der Waals surface area contributed by atoms with Crippen LogP contribution < -0.4 is 5.32 Å². The van der Waals surface area contributed by atoms with E-state index in [0.717, 1.165) is 16.9 Å². The fraction of sp³-hybridized carbons (Fsp3) is 0.105. The van der Waals surface area contributed by atoms with Crippen molar-refractivity contribution in [2.24, 2.45) is 0 Å². The van der Waals surface area contributed by atoms with Crippen LogP contribution in [0.5, 0.6) is 0 Å². The summed E-state index contributed by atoms with van der Waals surface area (Å²) in [5.74, 6) is -2.13. The molecular formula is C19H15F3N2O4. The van der Waals surface area contributed by atoms with Gasteiger partial charge in [-0.2, -0.15) is 13.2 Å². The molecule has 0 saturated carbocycles. The van der Waals surface area contributed by atoms with E-state index in [0.29, 0.717) is 12.1 Å². The Morgan fingerprint density at radius 2 is 1.86 bits per heavy atom. The normalized spacial score (nSPS) is 10.5. The van der Waals surface area contributed by atoms with Crippen molar-refractivity contribution < 1.29 is 32.3 Å². The zero-order valence-electron chi connectivity index (χ0n) is 14.3. The molecule has 146 valence electrons. The van der Waals surface area contributed by atoms with Crippen LogP contribution in [0.1, 0.15) is 15.9 Å². The lowest BCUT2D eigenvalue weighted by Gasteiger charge is -2.06. The Morgan fingerprint density at radius 1 is 1.11 bits per heavy atom. The first kappa shape index (κ1) is 20.7. The zero-order valence-corrected chi connectivity index (χ0v) is 14.3. The number of carbonyl (C=O) groups is 2. The SMILES string of the molecule is O=C(NCc1cccnc1)c1cccc(-c2ccco2)c1.O=C(O)C(F)(F)F. The molecule has 6 nitrogen and oxygen atoms in total. The van der Waals surface area contributed by atoms with Crippen LogP contribution in [0.25, 0.3) is 11.3 Å². The summed E-state index contributed by atoms with van der Waals surface area (Å²) in [4.78, 5) is 25.1. The number of carboxylic acids is 1. The van der Waals surface area contributed by atoms with Crippen LogP contribution in [0.15, 0.2) is 71.6 Å². The van der Waals surface area contributed by atoms with Gasteiger partial charge in [0.2, 0.25) is 0 Å². The highest BCUT2D eigenvalue weighted by Crippen LogP contribution is 2.20. The van der Waals surface area contributed by atoms with Gasteiger partial charge < -0.3 is 14.8 Å². The zero-order chi connectivity index (χ0) is 20.6. The smallest absolute Gasteiger partial charge is 0.475 e. The van der Waals surface area contributed by atoms with Gasteiger partial charge in [0.05, 0.1) is 6.26 Å². The number of hydrogen-bond donors (Lipinski definition) is 2. The van der Waals surface area contributed by atoms with Crippen LogP contribution in [-0.2, 0) is 11.3 Å². The Labute approximate surface area is 157 Å². The number of carbonyl (C=O) groups excluding carboxylic acids is 1. The molecule has 0 aliphatic carbocycles.